The number of likely N-dealkylation sites (tertiary alicyclic amines) is 1. The van der Waals surface area contributed by atoms with Gasteiger partial charge >= 0.3 is 0 Å². The standard InChI is InChI=1S/C12H27N3O2/c1-14(8-11(16)7-13)9-12(17)10-15-5-3-2-4-6-15/h11-12,16-17H,2-10,13H2,1H3/p+3/t11-,12+/m1/s1. The second-order valence-corrected chi connectivity index (χ2v) is 5.48. The smallest absolute Gasteiger partial charge is 0.152 e. The molecule has 5 heteroatoms. The highest BCUT2D eigenvalue weighted by molar-refractivity contribution is 4.53. The molecule has 102 valence electrons. The van der Waals surface area contributed by atoms with E-state index in [1.807, 2.05) is 7.05 Å². The summed E-state index contributed by atoms with van der Waals surface area (Å²) >= 11 is 0. The van der Waals surface area contributed by atoms with Gasteiger partial charge in [-0.3, -0.25) is 0 Å². The van der Waals surface area contributed by atoms with Crippen LogP contribution in [0.2, 0.25) is 0 Å². The maximum Gasteiger partial charge on any atom is 0.152 e. The number of aliphatic hydroxyl groups excluding tert-OH is 2. The first-order valence-electron chi connectivity index (χ1n) is 6.92. The van der Waals surface area contributed by atoms with Crippen LogP contribution in [0.4, 0.5) is 0 Å². The minimum atomic E-state index is -0.343. The number of quaternary nitrogens is 3. The van der Waals surface area contributed by atoms with Gasteiger partial charge in [-0.05, 0) is 19.3 Å². The molecule has 1 unspecified atom stereocenters. The van der Waals surface area contributed by atoms with Gasteiger partial charge in [-0.15, -0.1) is 0 Å². The highest BCUT2D eigenvalue weighted by Crippen LogP contribution is 1.94. The van der Waals surface area contributed by atoms with Gasteiger partial charge in [0.2, 0.25) is 0 Å². The Labute approximate surface area is 104 Å². The van der Waals surface area contributed by atoms with E-state index in [1.54, 1.807) is 0 Å². The molecule has 1 fully saturated rings. The molecule has 1 rings (SSSR count). The van der Waals surface area contributed by atoms with Crippen LogP contribution in [0.25, 0.3) is 0 Å². The summed E-state index contributed by atoms with van der Waals surface area (Å²) in [7, 11) is 2.02. The number of likely N-dealkylation sites (N-methyl/N-ethyl adjacent to an activating group) is 1. The zero-order chi connectivity index (χ0) is 12.7. The van der Waals surface area contributed by atoms with Gasteiger partial charge in [-0.1, -0.05) is 0 Å². The lowest BCUT2D eigenvalue weighted by Gasteiger charge is -2.26. The molecule has 3 atom stereocenters. The SMILES string of the molecule is C[NH+](C[C@H](O)C[NH3+])C[C@H](O)C[NH+]1CCCCC1. The maximum absolute atomic E-state index is 10.0. The topological polar surface area (TPSA) is 77.0 Å². The lowest BCUT2D eigenvalue weighted by Crippen LogP contribution is -3.16. The molecule has 0 aromatic carbocycles. The Morgan fingerprint density at radius 2 is 1.71 bits per heavy atom. The summed E-state index contributed by atoms with van der Waals surface area (Å²) in [5.74, 6) is 0. The Balaban J connectivity index is 2.16. The Hall–Kier alpha value is -0.200. The van der Waals surface area contributed by atoms with Gasteiger partial charge in [0.15, 0.2) is 12.2 Å². The summed E-state index contributed by atoms with van der Waals surface area (Å²) in [4.78, 5) is 2.72. The third-order valence-electron chi connectivity index (χ3n) is 3.59. The largest absolute Gasteiger partial charge is 0.382 e. The van der Waals surface area contributed by atoms with Crippen molar-refractivity contribution in [3.63, 3.8) is 0 Å². The van der Waals surface area contributed by atoms with Crippen LogP contribution in [0, 0.1) is 0 Å². The maximum atomic E-state index is 10.0. The zero-order valence-corrected chi connectivity index (χ0v) is 11.1. The summed E-state index contributed by atoms with van der Waals surface area (Å²) in [6.45, 7) is 5.22. The molecule has 0 aromatic rings. The first-order chi connectivity index (χ1) is 8.11. The van der Waals surface area contributed by atoms with Crippen molar-refractivity contribution in [3.05, 3.63) is 0 Å². The number of piperidine rings is 1. The molecule has 0 aliphatic carbocycles. The molecule has 1 aliphatic rings. The third kappa shape index (κ3) is 6.33. The number of aliphatic hydroxyl groups is 2. The van der Waals surface area contributed by atoms with Crippen molar-refractivity contribution in [1.29, 1.82) is 0 Å². The van der Waals surface area contributed by atoms with Crippen LogP contribution in [-0.4, -0.2) is 68.7 Å². The van der Waals surface area contributed by atoms with Crippen LogP contribution in [0.15, 0.2) is 0 Å². The van der Waals surface area contributed by atoms with Gasteiger partial charge in [-0.2, -0.15) is 0 Å². The summed E-state index contributed by atoms with van der Waals surface area (Å²) in [6.07, 6.45) is 3.35. The van der Waals surface area contributed by atoms with E-state index in [1.165, 1.54) is 42.2 Å². The molecule has 1 heterocycles. The van der Waals surface area contributed by atoms with Crippen molar-refractivity contribution in [2.45, 2.75) is 31.5 Å². The van der Waals surface area contributed by atoms with Gasteiger partial charge in [0.05, 0.1) is 20.1 Å². The molecule has 0 amide bonds. The van der Waals surface area contributed by atoms with Crippen LogP contribution in [0.3, 0.4) is 0 Å². The Morgan fingerprint density at radius 1 is 1.12 bits per heavy atom. The van der Waals surface area contributed by atoms with Gasteiger partial charge in [0.1, 0.15) is 26.2 Å². The molecule has 0 saturated carbocycles. The minimum absolute atomic E-state index is 0.250. The van der Waals surface area contributed by atoms with E-state index < -0.39 is 0 Å². The van der Waals surface area contributed by atoms with Gasteiger partial charge in [-0.25, -0.2) is 0 Å². The molecule has 0 bridgehead atoms. The van der Waals surface area contributed by atoms with Gasteiger partial charge in [0, 0.05) is 0 Å². The second kappa shape index (κ2) is 8.00. The van der Waals surface area contributed by atoms with Crippen molar-refractivity contribution in [3.8, 4) is 0 Å². The summed E-state index contributed by atoms with van der Waals surface area (Å²) in [5.41, 5.74) is 3.68. The molecular weight excluding hydrogens is 218 g/mol. The summed E-state index contributed by atoms with van der Waals surface area (Å²) < 4.78 is 0. The monoisotopic (exact) mass is 248 g/mol. The minimum Gasteiger partial charge on any atom is -0.382 e. The van der Waals surface area contributed by atoms with E-state index in [2.05, 4.69) is 5.73 Å². The van der Waals surface area contributed by atoms with Crippen molar-refractivity contribution in [2.75, 3.05) is 46.3 Å². The number of nitrogens with one attached hydrogen (secondary N) is 2. The van der Waals surface area contributed by atoms with Crippen molar-refractivity contribution in [1.82, 2.24) is 0 Å². The molecule has 17 heavy (non-hydrogen) atoms. The van der Waals surface area contributed by atoms with E-state index in [-0.39, 0.29) is 12.2 Å². The Morgan fingerprint density at radius 3 is 2.29 bits per heavy atom. The fourth-order valence-corrected chi connectivity index (χ4v) is 2.65. The van der Waals surface area contributed by atoms with Crippen LogP contribution in [0.1, 0.15) is 19.3 Å². The average molecular weight is 248 g/mol. The first-order valence-corrected chi connectivity index (χ1v) is 6.92. The molecule has 5 nitrogen and oxygen atoms in total. The first kappa shape index (κ1) is 14.9. The molecule has 7 N–H and O–H groups in total. The normalized spacial score (nSPS) is 23.3. The van der Waals surface area contributed by atoms with Crippen molar-refractivity contribution < 1.29 is 25.7 Å². The van der Waals surface area contributed by atoms with E-state index in [4.69, 9.17) is 0 Å². The molecule has 1 aliphatic heterocycles. The van der Waals surface area contributed by atoms with Gasteiger partial charge in [0.25, 0.3) is 0 Å². The predicted molar refractivity (Wildman–Crippen MR) is 65.8 cm³/mol. The van der Waals surface area contributed by atoms with Crippen molar-refractivity contribution in [2.24, 2.45) is 0 Å². The Bertz CT molecular complexity index is 198. The molecule has 0 aromatic heterocycles. The summed E-state index contributed by atoms with van der Waals surface area (Å²) in [5, 5.41) is 19.5. The third-order valence-corrected chi connectivity index (χ3v) is 3.59. The van der Waals surface area contributed by atoms with E-state index >= 15 is 0 Å². The van der Waals surface area contributed by atoms with Crippen LogP contribution in [0.5, 0.6) is 0 Å². The highest BCUT2D eigenvalue weighted by Gasteiger charge is 2.21. The van der Waals surface area contributed by atoms with Gasteiger partial charge < -0.3 is 25.7 Å². The Kier molecular flexibility index (Phi) is 6.99. The average Bonchev–Trinajstić information content (AvgIpc) is 2.29. The number of hydrogen-bond donors (Lipinski definition) is 5. The molecular formula is C12H30N3O2+3. The highest BCUT2D eigenvalue weighted by atomic mass is 16.3. The fourth-order valence-electron chi connectivity index (χ4n) is 2.65. The number of hydrogen-bond acceptors (Lipinski definition) is 2. The predicted octanol–water partition coefficient (Wildman–Crippen LogP) is -4.47. The fraction of sp³-hybridized carbons (Fsp3) is 1.00. The van der Waals surface area contributed by atoms with Crippen LogP contribution < -0.4 is 15.5 Å². The lowest BCUT2D eigenvalue weighted by molar-refractivity contribution is -0.921. The molecule has 0 spiro atoms. The van der Waals surface area contributed by atoms with E-state index in [0.717, 1.165) is 13.1 Å². The van der Waals surface area contributed by atoms with Crippen LogP contribution in [-0.2, 0) is 0 Å². The van der Waals surface area contributed by atoms with E-state index in [9.17, 15) is 10.2 Å². The van der Waals surface area contributed by atoms with Crippen molar-refractivity contribution >= 4 is 0 Å². The van der Waals surface area contributed by atoms with Crippen LogP contribution >= 0.6 is 0 Å². The number of rotatable bonds is 7. The van der Waals surface area contributed by atoms with E-state index in [0.29, 0.717) is 13.1 Å². The molecule has 0 radical (unpaired) electrons. The zero-order valence-electron chi connectivity index (χ0n) is 11.1. The lowest BCUT2D eigenvalue weighted by atomic mass is 10.1. The second-order valence-electron chi connectivity index (χ2n) is 5.48. The quantitative estimate of drug-likeness (QED) is 0.315. The summed E-state index contributed by atoms with van der Waals surface area (Å²) in [6, 6.07) is 0. The molecule has 1 saturated heterocycles.